The molecule has 3 aromatic heterocycles. The largest absolute Gasteiger partial charge is 0.372 e. The molecular formula is C28H33N7O. The van der Waals surface area contributed by atoms with E-state index in [1.54, 1.807) is 12.4 Å². The molecule has 1 aliphatic heterocycles. The lowest BCUT2D eigenvalue weighted by Gasteiger charge is -2.26. The van der Waals surface area contributed by atoms with Gasteiger partial charge < -0.3 is 20.1 Å². The molecule has 8 heteroatoms. The van der Waals surface area contributed by atoms with Gasteiger partial charge in [0, 0.05) is 61.2 Å². The Morgan fingerprint density at radius 2 is 1.81 bits per heavy atom. The molecule has 0 spiro atoms. The molecule has 0 saturated carbocycles. The van der Waals surface area contributed by atoms with Crippen LogP contribution in [0.3, 0.4) is 0 Å². The number of fused-ring (bicyclic) bond motifs is 1. The van der Waals surface area contributed by atoms with Crippen molar-refractivity contribution in [2.75, 3.05) is 38.2 Å². The van der Waals surface area contributed by atoms with E-state index in [0.29, 0.717) is 18.8 Å². The Morgan fingerprint density at radius 3 is 2.61 bits per heavy atom. The van der Waals surface area contributed by atoms with Crippen LogP contribution in [0.4, 0.5) is 5.69 Å². The molecule has 1 aromatic carbocycles. The number of carbonyl (C=O) groups is 1. The number of likely N-dealkylation sites (tertiary alicyclic amines) is 1. The van der Waals surface area contributed by atoms with Crippen LogP contribution in [-0.4, -0.2) is 58.2 Å². The summed E-state index contributed by atoms with van der Waals surface area (Å²) in [7, 11) is 0. The Hall–Kier alpha value is -3.75. The van der Waals surface area contributed by atoms with Gasteiger partial charge in [0.2, 0.25) is 0 Å². The molecule has 1 fully saturated rings. The van der Waals surface area contributed by atoms with Crippen LogP contribution in [0, 0.1) is 0 Å². The zero-order valence-electron chi connectivity index (χ0n) is 20.5. The molecule has 4 aromatic rings. The molecule has 5 rings (SSSR count). The number of hydrogen-bond donors (Lipinski definition) is 3. The Kier molecular flexibility index (Phi) is 7.85. The van der Waals surface area contributed by atoms with Crippen LogP contribution >= 0.6 is 0 Å². The second-order valence-corrected chi connectivity index (χ2v) is 9.13. The van der Waals surface area contributed by atoms with E-state index in [1.165, 1.54) is 19.3 Å². The van der Waals surface area contributed by atoms with Gasteiger partial charge in [-0.25, -0.2) is 4.98 Å². The fourth-order valence-electron chi connectivity index (χ4n) is 4.66. The van der Waals surface area contributed by atoms with Crippen LogP contribution in [0.2, 0.25) is 0 Å². The van der Waals surface area contributed by atoms with Crippen molar-refractivity contribution in [3.8, 4) is 5.69 Å². The Balaban J connectivity index is 1.22. The van der Waals surface area contributed by atoms with E-state index < -0.39 is 0 Å². The number of carbonyl (C=O) groups excluding carboxylic acids is 1. The SMILES string of the molecule is O=C(NCCN1CCCCC1)c1cn(-c2ccc(NCNCc3cccnc3)cc2)c2ncccc12. The minimum Gasteiger partial charge on any atom is -0.372 e. The van der Waals surface area contributed by atoms with Crippen molar-refractivity contribution in [2.45, 2.75) is 25.8 Å². The second-order valence-electron chi connectivity index (χ2n) is 9.13. The summed E-state index contributed by atoms with van der Waals surface area (Å²) in [4.78, 5) is 24.2. The molecule has 1 saturated heterocycles. The standard InChI is InChI=1S/C28H33N7O/c36-28(32-14-17-34-15-2-1-3-16-34)26-20-35(27-25(26)7-5-13-31-27)24-10-8-23(9-11-24)33-21-30-19-22-6-4-12-29-18-22/h4-13,18,20,30,33H,1-3,14-17,19,21H2,(H,32,36). The number of anilines is 1. The predicted octanol–water partition coefficient (Wildman–Crippen LogP) is 3.80. The average Bonchev–Trinajstić information content (AvgIpc) is 3.32. The predicted molar refractivity (Wildman–Crippen MR) is 143 cm³/mol. The molecule has 1 aliphatic rings. The molecule has 3 N–H and O–H groups in total. The van der Waals surface area contributed by atoms with Crippen molar-refractivity contribution in [1.29, 1.82) is 0 Å². The number of pyridine rings is 2. The molecule has 0 aliphatic carbocycles. The molecule has 36 heavy (non-hydrogen) atoms. The number of hydrogen-bond acceptors (Lipinski definition) is 6. The molecule has 8 nitrogen and oxygen atoms in total. The van der Waals surface area contributed by atoms with Crippen LogP contribution in [0.1, 0.15) is 35.2 Å². The number of nitrogens with one attached hydrogen (secondary N) is 3. The third-order valence-corrected chi connectivity index (χ3v) is 6.59. The normalized spacial score (nSPS) is 14.1. The minimum absolute atomic E-state index is 0.0539. The maximum Gasteiger partial charge on any atom is 0.253 e. The van der Waals surface area contributed by atoms with Gasteiger partial charge in [-0.1, -0.05) is 12.5 Å². The van der Waals surface area contributed by atoms with Crippen LogP contribution < -0.4 is 16.0 Å². The molecule has 0 radical (unpaired) electrons. The van der Waals surface area contributed by atoms with E-state index in [0.717, 1.165) is 54.2 Å². The maximum absolute atomic E-state index is 13.1. The zero-order valence-corrected chi connectivity index (χ0v) is 20.5. The lowest BCUT2D eigenvalue weighted by molar-refractivity contribution is 0.0948. The molecule has 4 heterocycles. The highest BCUT2D eigenvalue weighted by molar-refractivity contribution is 6.06. The van der Waals surface area contributed by atoms with Crippen molar-refractivity contribution in [3.63, 3.8) is 0 Å². The molecule has 0 unspecified atom stereocenters. The van der Waals surface area contributed by atoms with Gasteiger partial charge in [-0.15, -0.1) is 0 Å². The van der Waals surface area contributed by atoms with Crippen LogP contribution in [-0.2, 0) is 6.54 Å². The number of piperidine rings is 1. The monoisotopic (exact) mass is 483 g/mol. The summed E-state index contributed by atoms with van der Waals surface area (Å²) in [6.07, 6.45) is 11.1. The van der Waals surface area contributed by atoms with Gasteiger partial charge in [0.05, 0.1) is 12.2 Å². The Bertz CT molecular complexity index is 1260. The van der Waals surface area contributed by atoms with Gasteiger partial charge in [0.15, 0.2) is 0 Å². The molecular weight excluding hydrogens is 450 g/mol. The van der Waals surface area contributed by atoms with E-state index in [4.69, 9.17) is 0 Å². The maximum atomic E-state index is 13.1. The lowest BCUT2D eigenvalue weighted by Crippen LogP contribution is -2.37. The quantitative estimate of drug-likeness (QED) is 0.235. The van der Waals surface area contributed by atoms with Gasteiger partial charge >= 0.3 is 0 Å². The van der Waals surface area contributed by atoms with Gasteiger partial charge in [-0.05, 0) is 74.0 Å². The van der Waals surface area contributed by atoms with Crippen molar-refractivity contribution in [1.82, 2.24) is 30.1 Å². The first-order valence-corrected chi connectivity index (χ1v) is 12.7. The molecule has 1 amide bonds. The third-order valence-electron chi connectivity index (χ3n) is 6.59. The van der Waals surface area contributed by atoms with Gasteiger partial charge in [0.1, 0.15) is 5.65 Å². The first-order chi connectivity index (χ1) is 17.8. The Morgan fingerprint density at radius 1 is 0.972 bits per heavy atom. The molecule has 0 bridgehead atoms. The number of benzene rings is 1. The fraction of sp³-hybridized carbons (Fsp3) is 0.321. The number of amides is 1. The van der Waals surface area contributed by atoms with E-state index in [2.05, 4.69) is 30.8 Å². The minimum atomic E-state index is -0.0539. The van der Waals surface area contributed by atoms with Crippen molar-refractivity contribution in [3.05, 3.63) is 84.4 Å². The van der Waals surface area contributed by atoms with Crippen molar-refractivity contribution >= 4 is 22.6 Å². The highest BCUT2D eigenvalue weighted by Gasteiger charge is 2.17. The Labute approximate surface area is 211 Å². The van der Waals surface area contributed by atoms with Crippen LogP contribution in [0.25, 0.3) is 16.7 Å². The number of nitrogens with zero attached hydrogens (tertiary/aromatic N) is 4. The van der Waals surface area contributed by atoms with Gasteiger partial charge in [0.25, 0.3) is 5.91 Å². The molecule has 0 atom stereocenters. The van der Waals surface area contributed by atoms with Crippen LogP contribution in [0.5, 0.6) is 0 Å². The number of rotatable bonds is 10. The third kappa shape index (κ3) is 5.90. The highest BCUT2D eigenvalue weighted by Crippen LogP contribution is 2.24. The summed E-state index contributed by atoms with van der Waals surface area (Å²) in [5.74, 6) is -0.0539. The van der Waals surface area contributed by atoms with Crippen molar-refractivity contribution in [2.24, 2.45) is 0 Å². The highest BCUT2D eigenvalue weighted by atomic mass is 16.1. The first kappa shape index (κ1) is 24.0. The van der Waals surface area contributed by atoms with E-state index >= 15 is 0 Å². The summed E-state index contributed by atoms with van der Waals surface area (Å²) < 4.78 is 1.99. The average molecular weight is 484 g/mol. The summed E-state index contributed by atoms with van der Waals surface area (Å²) in [6.45, 7) is 5.21. The molecule has 186 valence electrons. The van der Waals surface area contributed by atoms with Crippen LogP contribution in [0.15, 0.2) is 73.3 Å². The second kappa shape index (κ2) is 11.8. The topological polar surface area (TPSA) is 87.1 Å². The number of aromatic nitrogens is 3. The van der Waals surface area contributed by atoms with E-state index in [9.17, 15) is 4.79 Å². The van der Waals surface area contributed by atoms with Crippen molar-refractivity contribution < 1.29 is 4.79 Å². The summed E-state index contributed by atoms with van der Waals surface area (Å²) in [5.41, 5.74) is 4.54. The zero-order chi connectivity index (χ0) is 24.6. The van der Waals surface area contributed by atoms with Gasteiger partial charge in [-0.3, -0.25) is 15.1 Å². The summed E-state index contributed by atoms with van der Waals surface area (Å²) in [5, 5.41) is 10.7. The first-order valence-electron chi connectivity index (χ1n) is 12.7. The van der Waals surface area contributed by atoms with E-state index in [1.807, 2.05) is 65.5 Å². The smallest absolute Gasteiger partial charge is 0.253 e. The van der Waals surface area contributed by atoms with Gasteiger partial charge in [-0.2, -0.15) is 0 Å². The van der Waals surface area contributed by atoms with E-state index in [-0.39, 0.29) is 5.91 Å². The summed E-state index contributed by atoms with van der Waals surface area (Å²) in [6, 6.07) is 16.0. The lowest BCUT2D eigenvalue weighted by atomic mass is 10.1. The summed E-state index contributed by atoms with van der Waals surface area (Å²) >= 11 is 0. The fourth-order valence-corrected chi connectivity index (χ4v) is 4.66.